The predicted molar refractivity (Wildman–Crippen MR) is 56.4 cm³/mol. The first-order chi connectivity index (χ1) is 6.27. The van der Waals surface area contributed by atoms with Crippen molar-refractivity contribution in [1.82, 2.24) is 0 Å². The van der Waals surface area contributed by atoms with Gasteiger partial charge in [0.25, 0.3) is 0 Å². The summed E-state index contributed by atoms with van der Waals surface area (Å²) in [4.78, 5) is 0. The van der Waals surface area contributed by atoms with Gasteiger partial charge >= 0.3 is 0 Å². The van der Waals surface area contributed by atoms with Crippen LogP contribution in [0.4, 0.5) is 0 Å². The van der Waals surface area contributed by atoms with E-state index < -0.39 is 0 Å². The molecule has 0 N–H and O–H groups in total. The van der Waals surface area contributed by atoms with E-state index in [1.807, 2.05) is 29.6 Å². The van der Waals surface area contributed by atoms with Crippen molar-refractivity contribution in [3.63, 3.8) is 0 Å². The summed E-state index contributed by atoms with van der Waals surface area (Å²) < 4.78 is 1.90. The van der Waals surface area contributed by atoms with Gasteiger partial charge in [-0.3, -0.25) is 0 Å². The van der Waals surface area contributed by atoms with Gasteiger partial charge in [0.05, 0.1) is 5.38 Å². The lowest BCUT2D eigenvalue weighted by atomic mass is 10.2. The third-order valence-electron chi connectivity index (χ3n) is 1.71. The van der Waals surface area contributed by atoms with Crippen LogP contribution in [0.2, 0.25) is 0 Å². The Morgan fingerprint density at radius 1 is 1.23 bits per heavy atom. The molecule has 0 fully saturated rings. The quantitative estimate of drug-likeness (QED) is 0.569. The molecule has 1 heterocycles. The number of hydrogen-bond donors (Lipinski definition) is 0. The van der Waals surface area contributed by atoms with Gasteiger partial charge in [-0.15, -0.1) is 0 Å². The second-order valence-electron chi connectivity index (χ2n) is 2.58. The molecule has 0 unspecified atom stereocenters. The van der Waals surface area contributed by atoms with Crippen molar-refractivity contribution in [1.29, 1.82) is 0 Å². The summed E-state index contributed by atoms with van der Waals surface area (Å²) in [6.45, 7) is 0. The lowest BCUT2D eigenvalue weighted by molar-refractivity contribution is -0.588. The third-order valence-corrected chi connectivity index (χ3v) is 2.91. The minimum atomic E-state index is 0.706. The van der Waals surface area contributed by atoms with Crippen LogP contribution in [0.25, 0.3) is 11.3 Å². The van der Waals surface area contributed by atoms with Crippen LogP contribution >= 0.6 is 27.3 Å². The van der Waals surface area contributed by atoms with E-state index in [2.05, 4.69) is 15.9 Å². The van der Waals surface area contributed by atoms with E-state index in [1.165, 1.54) is 16.8 Å². The molecule has 0 atom stereocenters. The molecule has 0 amide bonds. The Bertz CT molecular complexity index is 410. The van der Waals surface area contributed by atoms with Gasteiger partial charge in [-0.25, -0.2) is 0 Å². The molecule has 66 valence electrons. The number of benzene rings is 1. The molecule has 0 aliphatic rings. The van der Waals surface area contributed by atoms with E-state index >= 15 is 0 Å². The first-order valence-electron chi connectivity index (χ1n) is 3.68. The fourth-order valence-corrected chi connectivity index (χ4v) is 1.99. The summed E-state index contributed by atoms with van der Waals surface area (Å²) in [5.74, 6) is 0. The summed E-state index contributed by atoms with van der Waals surface area (Å²) in [5, 5.41) is 13.1. The molecule has 13 heavy (non-hydrogen) atoms. The van der Waals surface area contributed by atoms with Crippen molar-refractivity contribution in [3.05, 3.63) is 44.8 Å². The normalized spacial score (nSPS) is 10.2. The van der Waals surface area contributed by atoms with Crippen LogP contribution in [0.5, 0.6) is 0 Å². The zero-order valence-electron chi connectivity index (χ0n) is 6.61. The highest BCUT2D eigenvalue weighted by Gasteiger charge is 2.08. The van der Waals surface area contributed by atoms with Crippen LogP contribution in [0.15, 0.2) is 39.6 Å². The van der Waals surface area contributed by atoms with Crippen LogP contribution in [0, 0.1) is 5.21 Å². The number of rotatable bonds is 1. The Morgan fingerprint density at radius 3 is 2.46 bits per heavy atom. The average molecular weight is 256 g/mol. The van der Waals surface area contributed by atoms with E-state index in [-0.39, 0.29) is 0 Å². The molecule has 1 aromatic carbocycles. The summed E-state index contributed by atoms with van der Waals surface area (Å²) in [5.41, 5.74) is 3.19. The molecule has 0 aliphatic carbocycles. The molecule has 0 saturated heterocycles. The van der Waals surface area contributed by atoms with E-state index in [4.69, 9.17) is 0 Å². The summed E-state index contributed by atoms with van der Waals surface area (Å²) >= 11 is 4.75. The van der Waals surface area contributed by atoms with Crippen molar-refractivity contribution in [3.8, 4) is 11.3 Å². The summed E-state index contributed by atoms with van der Waals surface area (Å²) in [6, 6.07) is 7.68. The number of thiazole rings is 1. The third kappa shape index (κ3) is 1.73. The molecule has 0 spiro atoms. The standard InChI is InChI=1S/C9H6BrNOS/c10-8-3-1-7(2-4-8)9-5-13-6-11(9)12/h1-6H. The minimum absolute atomic E-state index is 0.706. The molecule has 2 aromatic rings. The first kappa shape index (κ1) is 8.72. The van der Waals surface area contributed by atoms with E-state index in [9.17, 15) is 5.21 Å². The van der Waals surface area contributed by atoms with Gasteiger partial charge in [-0.05, 0) is 24.3 Å². The maximum Gasteiger partial charge on any atom is 0.236 e. The molecule has 0 radical (unpaired) electrons. The van der Waals surface area contributed by atoms with E-state index in [1.54, 1.807) is 0 Å². The second-order valence-corrected chi connectivity index (χ2v) is 4.21. The van der Waals surface area contributed by atoms with Gasteiger partial charge in [0.15, 0.2) is 0 Å². The van der Waals surface area contributed by atoms with Gasteiger partial charge < -0.3 is 5.21 Å². The number of aromatic nitrogens is 1. The molecular weight excluding hydrogens is 250 g/mol. The maximum absolute atomic E-state index is 11.2. The Hall–Kier alpha value is -0.870. The lowest BCUT2D eigenvalue weighted by Gasteiger charge is -1.97. The van der Waals surface area contributed by atoms with E-state index in [0.717, 1.165) is 14.8 Å². The van der Waals surface area contributed by atoms with Crippen LogP contribution in [0.1, 0.15) is 0 Å². The van der Waals surface area contributed by atoms with Gasteiger partial charge in [0.1, 0.15) is 0 Å². The van der Waals surface area contributed by atoms with Crippen molar-refractivity contribution in [2.75, 3.05) is 0 Å². The fourth-order valence-electron chi connectivity index (χ4n) is 1.07. The van der Waals surface area contributed by atoms with Crippen LogP contribution in [-0.2, 0) is 0 Å². The van der Waals surface area contributed by atoms with Crippen LogP contribution < -0.4 is 4.73 Å². The second kappa shape index (κ2) is 3.47. The maximum atomic E-state index is 11.2. The van der Waals surface area contributed by atoms with Crippen molar-refractivity contribution in [2.24, 2.45) is 0 Å². The molecule has 0 saturated carbocycles. The van der Waals surface area contributed by atoms with Crippen LogP contribution in [-0.4, -0.2) is 0 Å². The van der Waals surface area contributed by atoms with Gasteiger partial charge in [0, 0.05) is 10.0 Å². The molecule has 2 nitrogen and oxygen atoms in total. The molecular formula is C9H6BrNOS. The molecule has 2 rings (SSSR count). The van der Waals surface area contributed by atoms with Gasteiger partial charge in [0.2, 0.25) is 11.2 Å². The molecule has 4 heteroatoms. The first-order valence-corrected chi connectivity index (χ1v) is 5.42. The van der Waals surface area contributed by atoms with E-state index in [0.29, 0.717) is 5.69 Å². The highest BCUT2D eigenvalue weighted by Crippen LogP contribution is 2.19. The van der Waals surface area contributed by atoms with Gasteiger partial charge in [-0.1, -0.05) is 27.3 Å². The Balaban J connectivity index is 2.47. The fraction of sp³-hybridized carbons (Fsp3) is 0. The van der Waals surface area contributed by atoms with Crippen molar-refractivity contribution < 1.29 is 4.73 Å². The molecule has 1 aromatic heterocycles. The predicted octanol–water partition coefficient (Wildman–Crippen LogP) is 2.81. The SMILES string of the molecule is [O-][n+]1cscc1-c1ccc(Br)cc1. The molecule has 0 bridgehead atoms. The number of nitrogens with zero attached hydrogens (tertiary/aromatic N) is 1. The average Bonchev–Trinajstić information content (AvgIpc) is 2.53. The summed E-state index contributed by atoms with van der Waals surface area (Å²) in [6.07, 6.45) is 0. The monoisotopic (exact) mass is 255 g/mol. The zero-order chi connectivity index (χ0) is 9.26. The zero-order valence-corrected chi connectivity index (χ0v) is 9.01. The van der Waals surface area contributed by atoms with Crippen molar-refractivity contribution in [2.45, 2.75) is 0 Å². The Morgan fingerprint density at radius 2 is 1.92 bits per heavy atom. The minimum Gasteiger partial charge on any atom is -0.618 e. The van der Waals surface area contributed by atoms with Crippen molar-refractivity contribution >= 4 is 27.3 Å². The Labute approximate surface area is 88.2 Å². The lowest BCUT2D eigenvalue weighted by Crippen LogP contribution is -2.24. The number of halogens is 1. The van der Waals surface area contributed by atoms with Crippen LogP contribution in [0.3, 0.4) is 0 Å². The highest BCUT2D eigenvalue weighted by atomic mass is 79.9. The smallest absolute Gasteiger partial charge is 0.236 e. The largest absolute Gasteiger partial charge is 0.618 e. The molecule has 0 aliphatic heterocycles. The Kier molecular flexibility index (Phi) is 2.33. The van der Waals surface area contributed by atoms with Gasteiger partial charge in [-0.2, -0.15) is 4.73 Å². The number of hydrogen-bond acceptors (Lipinski definition) is 2. The highest BCUT2D eigenvalue weighted by molar-refractivity contribution is 9.10. The summed E-state index contributed by atoms with van der Waals surface area (Å²) in [7, 11) is 0. The topological polar surface area (TPSA) is 26.9 Å².